The smallest absolute Gasteiger partial charge is 0.405 e. The molecule has 10 nitrogen and oxygen atoms in total. The van der Waals surface area contributed by atoms with E-state index in [1.807, 2.05) is 241 Å². The van der Waals surface area contributed by atoms with Crippen LogP contribution in [0.3, 0.4) is 0 Å². The predicted molar refractivity (Wildman–Crippen MR) is 329 cm³/mol. The van der Waals surface area contributed by atoms with Crippen molar-refractivity contribution in [1.29, 1.82) is 0 Å². The second-order valence-electron chi connectivity index (χ2n) is 23.0. The van der Waals surface area contributed by atoms with Crippen LogP contribution in [0.5, 0.6) is 0 Å². The Morgan fingerprint density at radius 1 is 0.341 bits per heavy atom. The first-order valence-electron chi connectivity index (χ1n) is 27.1. The molecule has 0 unspecified atom stereocenters. The fraction of sp³-hybridized carbons (Fsp3) is 0.333. The first-order chi connectivity index (χ1) is 37.6. The van der Waals surface area contributed by atoms with Gasteiger partial charge in [-0.2, -0.15) is 0 Å². The zero-order valence-electron chi connectivity index (χ0n) is 50.0. The molecule has 0 amide bonds. The van der Waals surface area contributed by atoms with E-state index in [1.165, 1.54) is 0 Å². The largest absolute Gasteiger partial charge is 0.488 e. The van der Waals surface area contributed by atoms with Crippen molar-refractivity contribution in [2.45, 2.75) is 144 Å². The van der Waals surface area contributed by atoms with E-state index in [0.29, 0.717) is 0 Å². The number of hydrogen-bond donors (Lipinski definition) is 0. The molecule has 8 aromatic rings. The summed E-state index contributed by atoms with van der Waals surface area (Å²) in [5.41, 5.74) is 10.9. The predicted octanol–water partition coefficient (Wildman–Crippen LogP) is 14.7. The summed E-state index contributed by atoms with van der Waals surface area (Å²) in [6, 6.07) is 64.2. The topological polar surface area (TPSA) is 107 Å². The van der Waals surface area contributed by atoms with E-state index in [-0.39, 0.29) is 80.9 Å². The van der Waals surface area contributed by atoms with Crippen molar-refractivity contribution in [2.75, 3.05) is 0 Å². The molecule has 0 saturated carbocycles. The Kier molecular flexibility index (Phi) is 23.9. The van der Waals surface area contributed by atoms with Crippen molar-refractivity contribution < 1.29 is 68.1 Å². The number of aromatic nitrogens is 4. The second kappa shape index (κ2) is 28.9. The van der Waals surface area contributed by atoms with Crippen LogP contribution in [-0.2, 0) is 68.1 Å². The third-order valence-electron chi connectivity index (χ3n) is 15.0. The van der Waals surface area contributed by atoms with Crippen LogP contribution in [0.2, 0.25) is 0 Å². The maximum atomic E-state index is 6.11. The van der Waals surface area contributed by atoms with Gasteiger partial charge in [0.15, 0.2) is 0 Å². The van der Waals surface area contributed by atoms with Crippen LogP contribution in [-0.4, -0.2) is 74.7 Å². The van der Waals surface area contributed by atoms with Crippen molar-refractivity contribution in [2.24, 2.45) is 0 Å². The Morgan fingerprint density at radius 3 is 0.963 bits per heavy atom. The van der Waals surface area contributed by atoms with Crippen LogP contribution < -0.4 is 5.46 Å². The summed E-state index contributed by atoms with van der Waals surface area (Å²) in [5, 5.41) is 0. The van der Waals surface area contributed by atoms with E-state index in [4.69, 9.17) is 27.9 Å². The minimum atomic E-state index is -0.476. The molecule has 3 fully saturated rings. The third kappa shape index (κ3) is 17.9. The molecule has 11 rings (SSSR count). The molecule has 16 heteroatoms. The number of hydrogen-bond acceptors (Lipinski definition) is 10. The van der Waals surface area contributed by atoms with Gasteiger partial charge in [0.25, 0.3) is 0 Å². The monoisotopic (exact) mass is 1520 g/mol. The van der Waals surface area contributed by atoms with Crippen LogP contribution in [0, 0.1) is 52.0 Å². The van der Waals surface area contributed by atoms with Gasteiger partial charge in [0.05, 0.1) is 33.6 Å². The zero-order valence-corrected chi connectivity index (χ0v) is 56.4. The van der Waals surface area contributed by atoms with Gasteiger partial charge < -0.3 is 47.9 Å². The molecule has 2 radical (unpaired) electrons. The first-order valence-corrected chi connectivity index (χ1v) is 27.9. The SMILES string of the molecule is CC1(C)OB(B2OC(C)(C)C(C)(C)O2)OC1(C)C.Cc1cccc(-c2[c-]ccc(B3OC(C)(C)C(C)(C)O3)c2)n1.Cc1cccc(-c2[c-]ccc(Br)c2)n1.Cc1cccc(-c2[c-]cccc2)n1.Cc1cccc(-c2[c-]cccc2)n1.[Ir].[Ir]. The maximum absolute atomic E-state index is 6.11. The van der Waals surface area contributed by atoms with E-state index < -0.39 is 14.0 Å². The average Bonchev–Trinajstić information content (AvgIpc) is 4.04. The van der Waals surface area contributed by atoms with E-state index in [9.17, 15) is 0 Å². The van der Waals surface area contributed by atoms with Crippen LogP contribution in [0.15, 0.2) is 162 Å². The normalized spacial score (nSPS) is 17.1. The van der Waals surface area contributed by atoms with Gasteiger partial charge in [-0.05, 0) is 158 Å². The number of pyridine rings is 4. The van der Waals surface area contributed by atoms with Crippen LogP contribution >= 0.6 is 15.9 Å². The van der Waals surface area contributed by atoms with Gasteiger partial charge in [-0.3, -0.25) is 0 Å². The summed E-state index contributed by atoms with van der Waals surface area (Å²) in [6.07, 6.45) is 0. The van der Waals surface area contributed by atoms with Crippen molar-refractivity contribution in [1.82, 2.24) is 19.9 Å². The van der Waals surface area contributed by atoms with Crippen molar-refractivity contribution in [3.63, 3.8) is 0 Å². The van der Waals surface area contributed by atoms with Crippen molar-refractivity contribution in [3.05, 3.63) is 209 Å². The summed E-state index contributed by atoms with van der Waals surface area (Å²) >= 11 is 3.43. The maximum Gasteiger partial charge on any atom is 0.488 e. The second-order valence-corrected chi connectivity index (χ2v) is 23.9. The molecule has 82 heavy (non-hydrogen) atoms. The first kappa shape index (κ1) is 68.0. The van der Waals surface area contributed by atoms with Crippen LogP contribution in [0.4, 0.5) is 0 Å². The number of rotatable bonds is 6. The quantitative estimate of drug-likeness (QED) is 0.118. The fourth-order valence-corrected chi connectivity index (χ4v) is 8.58. The molecule has 7 heterocycles. The summed E-state index contributed by atoms with van der Waals surface area (Å²) < 4.78 is 37.1. The van der Waals surface area contributed by atoms with Gasteiger partial charge in [0.2, 0.25) is 0 Å². The Balaban J connectivity index is 0.000000190. The van der Waals surface area contributed by atoms with Gasteiger partial charge in [0.1, 0.15) is 0 Å². The molecule has 0 aliphatic carbocycles. The van der Waals surface area contributed by atoms with E-state index in [0.717, 1.165) is 77.7 Å². The van der Waals surface area contributed by atoms with Crippen LogP contribution in [0.1, 0.15) is 106 Å². The zero-order chi connectivity index (χ0) is 58.1. The van der Waals surface area contributed by atoms with Gasteiger partial charge in [-0.15, -0.1) is 137 Å². The number of benzene rings is 4. The molecule has 3 aliphatic rings. The van der Waals surface area contributed by atoms with E-state index in [1.54, 1.807) is 0 Å². The standard InChI is InChI=1S/C18H21BNO2.C12H24B2O4.C12H9BrN.2C12H10N.2Ir/c1-13-8-6-11-16(20-13)14-9-7-10-15(12-14)19-21-17(2,3)18(4,5)22-19;1-9(2)10(3,4)16-13(15-9)14-17-11(5,6)12(7,8)18-14;1-9-4-2-7-12(14-9)10-5-3-6-11(13)8-10;2*1-10-6-5-9-12(13-10)11-7-3-2-4-8-11;;/h6-8,10-12H,1-5H3;1-8H3;2-4,6-8H,1H3;2*2-7,9H,1H3;;/q-1;;3*-1;;. The summed E-state index contributed by atoms with van der Waals surface area (Å²) in [6.45, 7) is 32.4. The Labute approximate surface area is 525 Å². The molecule has 0 N–H and O–H groups in total. The molecule has 4 aromatic heterocycles. The minimum Gasteiger partial charge on any atom is -0.405 e. The molecular formula is C66H74B3BrIr2N4O6-4. The molecule has 4 aromatic carbocycles. The molecule has 432 valence electrons. The number of nitrogens with zero attached hydrogens (tertiary/aromatic N) is 4. The fourth-order valence-electron chi connectivity index (χ4n) is 8.22. The molecular weight excluding hydrogens is 1440 g/mol. The van der Waals surface area contributed by atoms with Gasteiger partial charge >= 0.3 is 21.1 Å². The summed E-state index contributed by atoms with van der Waals surface area (Å²) in [7, 11) is -1.31. The van der Waals surface area contributed by atoms with Crippen molar-refractivity contribution in [3.8, 4) is 45.0 Å². The number of aryl methyl sites for hydroxylation is 4. The Morgan fingerprint density at radius 2 is 0.646 bits per heavy atom. The third-order valence-corrected chi connectivity index (χ3v) is 15.4. The number of halogens is 1. The van der Waals surface area contributed by atoms with Gasteiger partial charge in [-0.25, -0.2) is 0 Å². The van der Waals surface area contributed by atoms with E-state index in [2.05, 4.69) is 87.8 Å². The molecule has 3 saturated heterocycles. The minimum absolute atomic E-state index is 0. The van der Waals surface area contributed by atoms with Gasteiger partial charge in [-0.1, -0.05) is 68.9 Å². The van der Waals surface area contributed by atoms with Crippen molar-refractivity contribution >= 4 is 42.5 Å². The molecule has 0 bridgehead atoms. The molecule has 0 atom stereocenters. The van der Waals surface area contributed by atoms with E-state index >= 15 is 0 Å². The summed E-state index contributed by atoms with van der Waals surface area (Å²) in [4.78, 5) is 17.8. The Hall–Kier alpha value is -4.79. The average molecular weight is 1520 g/mol. The molecule has 3 aliphatic heterocycles. The summed E-state index contributed by atoms with van der Waals surface area (Å²) in [5.74, 6) is 0. The van der Waals surface area contributed by atoms with Crippen LogP contribution in [0.25, 0.3) is 45.0 Å². The Bertz CT molecular complexity index is 3110. The molecule has 0 spiro atoms. The van der Waals surface area contributed by atoms with Gasteiger partial charge in [0, 0.05) is 63.0 Å².